The first-order valence-corrected chi connectivity index (χ1v) is 8.72. The van der Waals surface area contributed by atoms with Crippen LogP contribution in [-0.2, 0) is 4.79 Å². The number of aliphatic carboxylic acids is 1. The molecule has 1 aliphatic heterocycles. The van der Waals surface area contributed by atoms with Crippen LogP contribution in [0.15, 0.2) is 0 Å². The molecule has 2 unspecified atom stereocenters. The van der Waals surface area contributed by atoms with E-state index < -0.39 is 12.0 Å². The van der Waals surface area contributed by atoms with E-state index in [9.17, 15) is 19.8 Å². The monoisotopic (exact) mass is 314 g/mol. The average Bonchev–Trinajstić information content (AvgIpc) is 3.19. The van der Waals surface area contributed by atoms with Crippen molar-refractivity contribution in [3.05, 3.63) is 0 Å². The molecule has 2 amide bonds. The van der Waals surface area contributed by atoms with Gasteiger partial charge in [0.05, 0.1) is 11.5 Å². The Balaban J connectivity index is 1.63. The highest BCUT2D eigenvalue weighted by atomic mass is 32.2. The predicted molar refractivity (Wildman–Crippen MR) is 79.0 cm³/mol. The number of rotatable bonds is 3. The molecule has 0 aromatic heterocycles. The van der Waals surface area contributed by atoms with E-state index in [0.29, 0.717) is 24.5 Å². The van der Waals surface area contributed by atoms with Crippen molar-refractivity contribution >= 4 is 23.8 Å². The second-order valence-electron chi connectivity index (χ2n) is 6.28. The van der Waals surface area contributed by atoms with Gasteiger partial charge in [-0.1, -0.05) is 0 Å². The minimum atomic E-state index is -0.917. The van der Waals surface area contributed by atoms with Crippen LogP contribution >= 0.6 is 11.8 Å². The van der Waals surface area contributed by atoms with E-state index in [0.717, 1.165) is 25.7 Å². The second-order valence-corrected chi connectivity index (χ2v) is 7.43. The molecule has 3 fully saturated rings. The van der Waals surface area contributed by atoms with Gasteiger partial charge >= 0.3 is 12.0 Å². The number of hydrogen-bond donors (Lipinski definition) is 3. The van der Waals surface area contributed by atoms with E-state index in [1.54, 1.807) is 16.7 Å². The highest BCUT2D eigenvalue weighted by Crippen LogP contribution is 2.45. The number of aliphatic hydroxyl groups is 1. The van der Waals surface area contributed by atoms with Crippen LogP contribution in [0.3, 0.4) is 0 Å². The Morgan fingerprint density at radius 2 is 1.76 bits per heavy atom. The molecule has 0 bridgehead atoms. The Labute approximate surface area is 128 Å². The highest BCUT2D eigenvalue weighted by molar-refractivity contribution is 8.00. The average molecular weight is 314 g/mol. The normalized spacial score (nSPS) is 36.5. The number of carboxylic acid groups (broad SMARTS) is 1. The van der Waals surface area contributed by atoms with Crippen molar-refractivity contribution in [2.75, 3.05) is 5.75 Å². The predicted octanol–water partition coefficient (Wildman–Crippen LogP) is 1.24. The number of nitrogens with one attached hydrogen (secondary N) is 1. The molecule has 3 N–H and O–H groups in total. The summed E-state index contributed by atoms with van der Waals surface area (Å²) in [4.78, 5) is 25.5. The van der Waals surface area contributed by atoms with Crippen molar-refractivity contribution in [2.24, 2.45) is 5.92 Å². The molecule has 7 heteroatoms. The lowest BCUT2D eigenvalue weighted by Crippen LogP contribution is -2.53. The van der Waals surface area contributed by atoms with Crippen molar-refractivity contribution in [1.29, 1.82) is 0 Å². The molecule has 1 heterocycles. The third kappa shape index (κ3) is 3.29. The molecule has 3 rings (SSSR count). The summed E-state index contributed by atoms with van der Waals surface area (Å²) in [5, 5.41) is 21.8. The van der Waals surface area contributed by atoms with Gasteiger partial charge in [-0.05, 0) is 44.4 Å². The minimum absolute atomic E-state index is 0.0141. The minimum Gasteiger partial charge on any atom is -0.480 e. The Kier molecular flexibility index (Phi) is 4.31. The van der Waals surface area contributed by atoms with E-state index in [1.165, 1.54) is 0 Å². The summed E-state index contributed by atoms with van der Waals surface area (Å²) in [5.74, 6) is 0.0194. The topological polar surface area (TPSA) is 89.9 Å². The second kappa shape index (κ2) is 6.04. The molecule has 1 saturated heterocycles. The summed E-state index contributed by atoms with van der Waals surface area (Å²) in [6, 6.07) is -0.902. The Morgan fingerprint density at radius 1 is 1.10 bits per heavy atom. The summed E-state index contributed by atoms with van der Waals surface area (Å²) in [6.07, 6.45) is 4.85. The molecule has 2 aliphatic carbocycles. The molecule has 0 spiro atoms. The fraction of sp³-hybridized carbons (Fsp3) is 0.857. The van der Waals surface area contributed by atoms with E-state index in [-0.39, 0.29) is 23.6 Å². The smallest absolute Gasteiger partial charge is 0.327 e. The van der Waals surface area contributed by atoms with Crippen LogP contribution in [0, 0.1) is 5.92 Å². The summed E-state index contributed by atoms with van der Waals surface area (Å²) < 4.78 is 0. The first-order valence-electron chi connectivity index (χ1n) is 7.67. The van der Waals surface area contributed by atoms with Gasteiger partial charge in [0, 0.05) is 11.8 Å². The Morgan fingerprint density at radius 3 is 2.33 bits per heavy atom. The van der Waals surface area contributed by atoms with Crippen LogP contribution in [0.2, 0.25) is 0 Å². The van der Waals surface area contributed by atoms with E-state index in [1.807, 2.05) is 0 Å². The van der Waals surface area contributed by atoms with Crippen molar-refractivity contribution in [3.8, 4) is 0 Å². The lowest BCUT2D eigenvalue weighted by atomic mass is 9.93. The number of hydrogen-bond acceptors (Lipinski definition) is 4. The van der Waals surface area contributed by atoms with Gasteiger partial charge in [-0.15, -0.1) is 11.8 Å². The molecule has 2 saturated carbocycles. The quantitative estimate of drug-likeness (QED) is 0.729. The largest absolute Gasteiger partial charge is 0.480 e. The maximum atomic E-state index is 12.5. The maximum Gasteiger partial charge on any atom is 0.327 e. The van der Waals surface area contributed by atoms with E-state index in [4.69, 9.17) is 0 Å². The zero-order chi connectivity index (χ0) is 15.0. The van der Waals surface area contributed by atoms with Gasteiger partial charge in [0.25, 0.3) is 0 Å². The van der Waals surface area contributed by atoms with E-state index >= 15 is 0 Å². The van der Waals surface area contributed by atoms with Crippen LogP contribution in [-0.4, -0.2) is 56.4 Å². The third-order valence-corrected chi connectivity index (χ3v) is 6.07. The van der Waals surface area contributed by atoms with Gasteiger partial charge < -0.3 is 15.5 Å². The highest BCUT2D eigenvalue weighted by Gasteiger charge is 2.48. The zero-order valence-electron chi connectivity index (χ0n) is 11.9. The van der Waals surface area contributed by atoms with Crippen LogP contribution in [0.5, 0.6) is 0 Å². The third-order valence-electron chi connectivity index (χ3n) is 4.60. The van der Waals surface area contributed by atoms with Crippen molar-refractivity contribution in [1.82, 2.24) is 10.2 Å². The van der Waals surface area contributed by atoms with Gasteiger partial charge in [-0.2, -0.15) is 0 Å². The molecule has 21 heavy (non-hydrogen) atoms. The number of aliphatic hydroxyl groups excluding tert-OH is 1. The van der Waals surface area contributed by atoms with Gasteiger partial charge in [0.2, 0.25) is 0 Å². The fourth-order valence-electron chi connectivity index (χ4n) is 3.19. The number of urea groups is 1. The molecule has 0 radical (unpaired) electrons. The number of thioether (sulfide) groups is 1. The zero-order valence-corrected chi connectivity index (χ0v) is 12.7. The fourth-order valence-corrected chi connectivity index (χ4v) is 4.82. The number of nitrogens with zero attached hydrogens (tertiary/aromatic N) is 1. The van der Waals surface area contributed by atoms with Crippen molar-refractivity contribution < 1.29 is 19.8 Å². The number of carbonyl (C=O) groups excluding carboxylic acids is 1. The number of amides is 2. The van der Waals surface area contributed by atoms with Gasteiger partial charge in [-0.25, -0.2) is 9.59 Å². The molecule has 118 valence electrons. The van der Waals surface area contributed by atoms with Crippen LogP contribution in [0.4, 0.5) is 4.79 Å². The molecule has 2 atom stereocenters. The van der Waals surface area contributed by atoms with Crippen LogP contribution < -0.4 is 5.32 Å². The molecule has 3 aliphatic rings. The number of carbonyl (C=O) groups is 2. The van der Waals surface area contributed by atoms with E-state index in [2.05, 4.69) is 5.32 Å². The summed E-state index contributed by atoms with van der Waals surface area (Å²) in [7, 11) is 0. The van der Waals surface area contributed by atoms with Gasteiger partial charge in [0.1, 0.15) is 6.04 Å². The first kappa shape index (κ1) is 15.0. The molecular weight excluding hydrogens is 292 g/mol. The molecule has 0 aromatic rings. The molecular formula is C14H22N2O4S. The first-order chi connectivity index (χ1) is 10.1. The van der Waals surface area contributed by atoms with Gasteiger partial charge in [-0.3, -0.25) is 4.90 Å². The lowest BCUT2D eigenvalue weighted by molar-refractivity contribution is -0.141. The Hall–Kier alpha value is -0.950. The standard InChI is InChI=1S/C14H22N2O4S/c17-10-5-3-9(4-6-10)15-14(20)16-11(13(18)19)7-21-12(16)8-1-2-8/h8-12,17H,1-7H2,(H,15,20)(H,18,19). The van der Waals surface area contributed by atoms with Crippen LogP contribution in [0.1, 0.15) is 38.5 Å². The SMILES string of the molecule is O=C(O)C1CSC(C2CC2)N1C(=O)NC1CCC(O)CC1. The Bertz CT molecular complexity index is 421. The molecule has 0 aromatic carbocycles. The summed E-state index contributed by atoms with van der Waals surface area (Å²) in [5.41, 5.74) is 0. The number of carboxylic acids is 1. The lowest BCUT2D eigenvalue weighted by Gasteiger charge is -2.32. The van der Waals surface area contributed by atoms with Crippen molar-refractivity contribution in [3.63, 3.8) is 0 Å². The van der Waals surface area contributed by atoms with Crippen molar-refractivity contribution in [2.45, 2.75) is 62.1 Å². The van der Waals surface area contributed by atoms with Gasteiger partial charge in [0.15, 0.2) is 0 Å². The maximum absolute atomic E-state index is 12.5. The summed E-state index contributed by atoms with van der Waals surface area (Å²) >= 11 is 1.59. The molecule has 6 nitrogen and oxygen atoms in total. The van der Waals surface area contributed by atoms with Crippen LogP contribution in [0.25, 0.3) is 0 Å². The summed E-state index contributed by atoms with van der Waals surface area (Å²) in [6.45, 7) is 0.